The van der Waals surface area contributed by atoms with Crippen molar-refractivity contribution >= 4 is 55.4 Å². The Morgan fingerprint density at radius 2 is 1.50 bits per heavy atom. The van der Waals surface area contributed by atoms with Gasteiger partial charge in [-0.1, -0.05) is 23.5 Å². The van der Waals surface area contributed by atoms with Gasteiger partial charge in [-0.15, -0.1) is 23.5 Å². The molecule has 0 aliphatic carbocycles. The van der Waals surface area contributed by atoms with Crippen LogP contribution in [-0.4, -0.2) is 30.0 Å². The van der Waals surface area contributed by atoms with Crippen LogP contribution in [0.3, 0.4) is 0 Å². The van der Waals surface area contributed by atoms with Crippen LogP contribution in [-0.2, 0) is 9.05 Å². The Hall–Kier alpha value is 1.49. The molecule has 0 amide bonds. The van der Waals surface area contributed by atoms with E-state index < -0.39 is 8.38 Å². The molecule has 0 saturated heterocycles. The van der Waals surface area contributed by atoms with Crippen LogP contribution in [0.2, 0.25) is 0 Å². The van der Waals surface area contributed by atoms with Crippen LogP contribution in [0.15, 0.2) is 8.47 Å². The second-order valence-electron chi connectivity index (χ2n) is 2.65. The highest BCUT2D eigenvalue weighted by atomic mass is 32.3. The minimum atomic E-state index is -0.769. The van der Waals surface area contributed by atoms with Crippen molar-refractivity contribution in [2.75, 3.05) is 25.7 Å². The predicted molar refractivity (Wildman–Crippen MR) is 83.2 cm³/mol. The molecule has 1 rings (SSSR count). The Bertz CT molecular complexity index is 228. The maximum absolute atomic E-state index is 5.71. The van der Waals surface area contributed by atoms with Gasteiger partial charge in [-0.3, -0.25) is 0 Å². The number of thioether (sulfide) groups is 4. The van der Waals surface area contributed by atoms with Crippen LogP contribution in [0.1, 0.15) is 13.8 Å². The highest BCUT2D eigenvalue weighted by Crippen LogP contribution is 2.65. The molecule has 1 aliphatic rings. The van der Waals surface area contributed by atoms with E-state index in [1.807, 2.05) is 60.9 Å². The molecule has 0 unspecified atom stereocenters. The first-order valence-electron chi connectivity index (χ1n) is 4.97. The predicted octanol–water partition coefficient (Wildman–Crippen LogP) is 4.99. The van der Waals surface area contributed by atoms with Gasteiger partial charge in [-0.25, -0.2) is 0 Å². The molecule has 0 aromatic heterocycles. The first kappa shape index (κ1) is 15.5. The Morgan fingerprint density at radius 3 is 1.81 bits per heavy atom. The normalized spacial score (nSPS) is 17.8. The molecule has 0 saturated carbocycles. The molecule has 0 atom stereocenters. The van der Waals surface area contributed by atoms with E-state index in [-0.39, 0.29) is 0 Å². The molecule has 0 spiro atoms. The average Bonchev–Trinajstić information content (AvgIpc) is 2.71. The maximum Gasteiger partial charge on any atom is 0.196 e. The van der Waals surface area contributed by atoms with Crippen molar-refractivity contribution in [2.45, 2.75) is 18.2 Å². The van der Waals surface area contributed by atoms with Gasteiger partial charge in [0.2, 0.25) is 0 Å². The molecule has 0 fully saturated rings. The lowest BCUT2D eigenvalue weighted by molar-refractivity contribution is 0.271. The van der Waals surface area contributed by atoms with Crippen molar-refractivity contribution < 1.29 is 9.05 Å². The standard InChI is InChI=1S/C9H17O2PS4/c1-5-10-12(11-6-2)9-15-7(13-3)8(14-4)16-9/h9H,5-6H2,1-4H3. The monoisotopic (exact) mass is 316 g/mol. The lowest BCUT2D eigenvalue weighted by atomic mass is 10.9. The molecule has 1 aliphatic heterocycles. The topological polar surface area (TPSA) is 18.5 Å². The minimum Gasteiger partial charge on any atom is -0.333 e. The summed E-state index contributed by atoms with van der Waals surface area (Å²) in [6, 6.07) is 0. The summed E-state index contributed by atoms with van der Waals surface area (Å²) in [6.45, 7) is 5.51. The van der Waals surface area contributed by atoms with E-state index in [0.29, 0.717) is 4.32 Å². The van der Waals surface area contributed by atoms with Crippen molar-refractivity contribution in [1.82, 2.24) is 0 Å². The molecular formula is C9H17O2PS4. The summed E-state index contributed by atoms with van der Waals surface area (Å²) in [6.07, 6.45) is 4.26. The van der Waals surface area contributed by atoms with Gasteiger partial charge in [-0.2, -0.15) is 0 Å². The molecule has 0 N–H and O–H groups in total. The Morgan fingerprint density at radius 1 is 1.06 bits per heavy atom. The molecule has 0 bridgehead atoms. The summed E-state index contributed by atoms with van der Waals surface area (Å²) in [5.41, 5.74) is 0. The van der Waals surface area contributed by atoms with Gasteiger partial charge < -0.3 is 9.05 Å². The van der Waals surface area contributed by atoms with Crippen LogP contribution in [0.5, 0.6) is 0 Å². The van der Waals surface area contributed by atoms with Gasteiger partial charge in [0.1, 0.15) is 4.32 Å². The zero-order valence-corrected chi connectivity index (χ0v) is 14.0. The Kier molecular flexibility index (Phi) is 8.32. The fourth-order valence-electron chi connectivity index (χ4n) is 1.07. The molecule has 7 heteroatoms. The Balaban J connectivity index is 2.57. The number of hydrogen-bond donors (Lipinski definition) is 0. The lowest BCUT2D eigenvalue weighted by Gasteiger charge is -2.20. The van der Waals surface area contributed by atoms with Crippen molar-refractivity contribution in [1.29, 1.82) is 0 Å². The fourth-order valence-corrected chi connectivity index (χ4v) is 9.32. The van der Waals surface area contributed by atoms with E-state index in [1.54, 1.807) is 0 Å². The number of hydrogen-bond acceptors (Lipinski definition) is 6. The summed E-state index contributed by atoms with van der Waals surface area (Å²) in [4.78, 5) is 0. The minimum absolute atomic E-state index is 0.403. The summed E-state index contributed by atoms with van der Waals surface area (Å²) >= 11 is 7.43. The molecular weight excluding hydrogens is 299 g/mol. The van der Waals surface area contributed by atoms with Crippen LogP contribution in [0, 0.1) is 0 Å². The summed E-state index contributed by atoms with van der Waals surface area (Å²) in [5, 5.41) is 0. The van der Waals surface area contributed by atoms with Crippen molar-refractivity contribution in [3.63, 3.8) is 0 Å². The number of rotatable bonds is 7. The van der Waals surface area contributed by atoms with Gasteiger partial charge in [-0.05, 0) is 26.4 Å². The summed E-state index contributed by atoms with van der Waals surface area (Å²) in [5.74, 6) is 0. The second kappa shape index (κ2) is 8.57. The summed E-state index contributed by atoms with van der Waals surface area (Å²) in [7, 11) is -0.769. The molecule has 2 nitrogen and oxygen atoms in total. The molecule has 16 heavy (non-hydrogen) atoms. The van der Waals surface area contributed by atoms with E-state index in [1.165, 1.54) is 8.47 Å². The van der Waals surface area contributed by atoms with Gasteiger partial charge in [0, 0.05) is 0 Å². The first-order chi connectivity index (χ1) is 7.76. The van der Waals surface area contributed by atoms with E-state index in [2.05, 4.69) is 12.5 Å². The highest BCUT2D eigenvalue weighted by Gasteiger charge is 2.33. The Labute approximate surface area is 116 Å². The van der Waals surface area contributed by atoms with Gasteiger partial charge in [0.15, 0.2) is 8.38 Å². The molecule has 0 aromatic carbocycles. The van der Waals surface area contributed by atoms with Gasteiger partial charge >= 0.3 is 0 Å². The van der Waals surface area contributed by atoms with Gasteiger partial charge in [0.25, 0.3) is 0 Å². The average molecular weight is 316 g/mol. The second-order valence-corrected chi connectivity index (χ2v) is 9.63. The molecule has 94 valence electrons. The van der Waals surface area contributed by atoms with Crippen LogP contribution < -0.4 is 0 Å². The lowest BCUT2D eigenvalue weighted by Crippen LogP contribution is -1.99. The summed E-state index contributed by atoms with van der Waals surface area (Å²) < 4.78 is 14.6. The highest BCUT2D eigenvalue weighted by molar-refractivity contribution is 8.40. The third-order valence-corrected chi connectivity index (χ3v) is 9.73. The van der Waals surface area contributed by atoms with Gasteiger partial charge in [0.05, 0.1) is 21.7 Å². The van der Waals surface area contributed by atoms with E-state index in [9.17, 15) is 0 Å². The zero-order chi connectivity index (χ0) is 12.0. The SMILES string of the molecule is CCOP(OCC)C1SC(SC)=C(SC)S1. The first-order valence-corrected chi connectivity index (χ1v) is 10.4. The zero-order valence-electron chi connectivity index (χ0n) is 9.89. The van der Waals surface area contributed by atoms with E-state index >= 15 is 0 Å². The van der Waals surface area contributed by atoms with E-state index in [4.69, 9.17) is 9.05 Å². The van der Waals surface area contributed by atoms with Crippen molar-refractivity contribution in [3.05, 3.63) is 8.47 Å². The van der Waals surface area contributed by atoms with E-state index in [0.717, 1.165) is 13.2 Å². The van der Waals surface area contributed by atoms with Crippen molar-refractivity contribution in [3.8, 4) is 0 Å². The third-order valence-electron chi connectivity index (χ3n) is 1.64. The fraction of sp³-hybridized carbons (Fsp3) is 0.778. The van der Waals surface area contributed by atoms with Crippen LogP contribution in [0.25, 0.3) is 0 Å². The maximum atomic E-state index is 5.71. The quantitative estimate of drug-likeness (QED) is 0.612. The van der Waals surface area contributed by atoms with Crippen LogP contribution in [0.4, 0.5) is 0 Å². The van der Waals surface area contributed by atoms with Crippen molar-refractivity contribution in [2.24, 2.45) is 0 Å². The molecule has 0 radical (unpaired) electrons. The largest absolute Gasteiger partial charge is 0.333 e. The van der Waals surface area contributed by atoms with Crippen LogP contribution >= 0.6 is 55.4 Å². The third kappa shape index (κ3) is 4.30. The smallest absolute Gasteiger partial charge is 0.196 e. The molecule has 1 heterocycles. The molecule has 0 aromatic rings.